The van der Waals surface area contributed by atoms with Crippen molar-refractivity contribution < 1.29 is 53.3 Å². The van der Waals surface area contributed by atoms with E-state index in [0.717, 1.165) is 7.11 Å². The lowest BCUT2D eigenvalue weighted by Crippen LogP contribution is -2.62. The fourth-order valence-corrected chi connectivity index (χ4v) is 3.42. The first-order chi connectivity index (χ1) is 12.9. The van der Waals surface area contributed by atoms with Gasteiger partial charge in [0.15, 0.2) is 12.4 Å². The van der Waals surface area contributed by atoms with Crippen LogP contribution in [0, 0.1) is 0 Å². The highest BCUT2D eigenvalue weighted by molar-refractivity contribution is 7.81. The molecule has 0 bridgehead atoms. The zero-order valence-corrected chi connectivity index (χ0v) is 16.9. The summed E-state index contributed by atoms with van der Waals surface area (Å²) in [6.45, 7) is 8.45. The van der Waals surface area contributed by atoms with Gasteiger partial charge in [-0.3, -0.25) is 9.11 Å². The Morgan fingerprint density at radius 2 is 1.68 bits per heavy atom. The molecule has 28 heavy (non-hydrogen) atoms. The molecule has 0 aromatic rings. The Bertz CT molecular complexity index is 731. The minimum absolute atomic E-state index is 0.110. The van der Waals surface area contributed by atoms with Gasteiger partial charge in [-0.15, -0.1) is 6.58 Å². The van der Waals surface area contributed by atoms with Crippen molar-refractivity contribution in [3.63, 3.8) is 0 Å². The van der Waals surface area contributed by atoms with Crippen molar-refractivity contribution >= 4 is 20.8 Å². The molecule has 0 aliphatic carbocycles. The van der Waals surface area contributed by atoms with E-state index in [1.54, 1.807) is 6.92 Å². The SMILES string of the molecule is C=CCO[C@@H]1[C@H](OS(=O)(=O)O)[C@@H](OC)O[C@H](COCC(=C)C)[C@H]1OS(=O)(=O)O. The van der Waals surface area contributed by atoms with Crippen molar-refractivity contribution in [2.75, 3.05) is 26.9 Å². The molecule has 1 heterocycles. The lowest BCUT2D eigenvalue weighted by atomic mass is 9.99. The summed E-state index contributed by atoms with van der Waals surface area (Å²) in [6.07, 6.45) is -6.10. The molecule has 5 atom stereocenters. The molecule has 1 saturated heterocycles. The molecular weight excluding hydrogens is 424 g/mol. The van der Waals surface area contributed by atoms with E-state index in [-0.39, 0.29) is 19.8 Å². The van der Waals surface area contributed by atoms with Gasteiger partial charge in [-0.05, 0) is 6.92 Å². The normalized spacial score (nSPS) is 28.8. The molecule has 1 aliphatic heterocycles. The Labute approximate surface area is 163 Å². The third-order valence-corrected chi connectivity index (χ3v) is 4.26. The first-order valence-electron chi connectivity index (χ1n) is 7.82. The summed E-state index contributed by atoms with van der Waals surface area (Å²) >= 11 is 0. The predicted molar refractivity (Wildman–Crippen MR) is 94.1 cm³/mol. The summed E-state index contributed by atoms with van der Waals surface area (Å²) in [6, 6.07) is 0. The third-order valence-electron chi connectivity index (χ3n) is 3.33. The van der Waals surface area contributed by atoms with Crippen LogP contribution in [-0.2, 0) is 48.1 Å². The summed E-state index contributed by atoms with van der Waals surface area (Å²) in [5, 5.41) is 0. The zero-order chi connectivity index (χ0) is 21.5. The van der Waals surface area contributed by atoms with Crippen molar-refractivity contribution in [3.05, 3.63) is 24.8 Å². The van der Waals surface area contributed by atoms with E-state index in [2.05, 4.69) is 21.5 Å². The summed E-state index contributed by atoms with van der Waals surface area (Å²) in [7, 11) is -8.87. The second-order valence-corrected chi connectivity index (χ2v) is 7.91. The fraction of sp³-hybridized carbons (Fsp3) is 0.714. The first-order valence-corrected chi connectivity index (χ1v) is 10.5. The minimum atomic E-state index is -5.01. The second kappa shape index (κ2) is 10.7. The van der Waals surface area contributed by atoms with Gasteiger partial charge in [0.1, 0.15) is 18.3 Å². The van der Waals surface area contributed by atoms with Crippen molar-refractivity contribution in [2.24, 2.45) is 0 Å². The smallest absolute Gasteiger partial charge is 0.374 e. The average molecular weight is 448 g/mol. The maximum absolute atomic E-state index is 11.3. The molecule has 164 valence electrons. The molecular formula is C14H24O12S2. The molecule has 0 aromatic carbocycles. The van der Waals surface area contributed by atoms with Gasteiger partial charge in [0.05, 0.1) is 19.8 Å². The van der Waals surface area contributed by atoms with E-state index in [4.69, 9.17) is 28.1 Å². The van der Waals surface area contributed by atoms with Crippen LogP contribution in [0.4, 0.5) is 0 Å². The van der Waals surface area contributed by atoms with E-state index < -0.39 is 51.5 Å². The maximum Gasteiger partial charge on any atom is 0.397 e. The predicted octanol–water partition coefficient (Wildman–Crippen LogP) is -0.102. The van der Waals surface area contributed by atoms with E-state index in [0.29, 0.717) is 5.57 Å². The van der Waals surface area contributed by atoms with Crippen LogP contribution in [0.2, 0.25) is 0 Å². The first kappa shape index (κ1) is 25.1. The number of ether oxygens (including phenoxy) is 4. The molecule has 0 radical (unpaired) electrons. The van der Waals surface area contributed by atoms with Crippen molar-refractivity contribution in [1.29, 1.82) is 0 Å². The Morgan fingerprint density at radius 1 is 1.11 bits per heavy atom. The largest absolute Gasteiger partial charge is 0.397 e. The molecule has 2 N–H and O–H groups in total. The van der Waals surface area contributed by atoms with Crippen molar-refractivity contribution in [1.82, 2.24) is 0 Å². The van der Waals surface area contributed by atoms with E-state index in [1.807, 2.05) is 0 Å². The molecule has 14 heteroatoms. The third kappa shape index (κ3) is 8.60. The van der Waals surface area contributed by atoms with Crippen LogP contribution >= 0.6 is 0 Å². The summed E-state index contributed by atoms with van der Waals surface area (Å²) < 4.78 is 93.5. The summed E-state index contributed by atoms with van der Waals surface area (Å²) in [5.74, 6) is 0. The molecule has 0 spiro atoms. The van der Waals surface area contributed by atoms with Gasteiger partial charge in [-0.1, -0.05) is 18.2 Å². The van der Waals surface area contributed by atoms with E-state index in [1.165, 1.54) is 6.08 Å². The number of hydrogen-bond acceptors (Lipinski definition) is 10. The highest BCUT2D eigenvalue weighted by Gasteiger charge is 2.51. The van der Waals surface area contributed by atoms with E-state index >= 15 is 0 Å². The van der Waals surface area contributed by atoms with E-state index in [9.17, 15) is 16.8 Å². The van der Waals surface area contributed by atoms with Gasteiger partial charge in [0.25, 0.3) is 0 Å². The Balaban J connectivity index is 3.25. The van der Waals surface area contributed by atoms with Gasteiger partial charge in [-0.25, -0.2) is 8.37 Å². The molecule has 0 amide bonds. The monoisotopic (exact) mass is 448 g/mol. The summed E-state index contributed by atoms with van der Waals surface area (Å²) in [4.78, 5) is 0. The topological polar surface area (TPSA) is 164 Å². The lowest BCUT2D eigenvalue weighted by Gasteiger charge is -2.43. The minimum Gasteiger partial charge on any atom is -0.374 e. The standard InChI is InChI=1S/C14H24O12S2/c1-5-6-23-12-11(25-27(15,16)17)10(8-22-7-9(2)3)24-14(21-4)13(12)26-28(18,19)20/h5,10-14H,1-2,6-8H2,3-4H3,(H,15,16,17)(H,18,19,20)/t10-,11-,12+,13+,14+/m1/s1. The highest BCUT2D eigenvalue weighted by Crippen LogP contribution is 2.30. The van der Waals surface area contributed by atoms with Crippen LogP contribution in [-0.4, -0.2) is 83.6 Å². The molecule has 0 saturated carbocycles. The number of methoxy groups -OCH3 is 1. The quantitative estimate of drug-likeness (QED) is 0.301. The van der Waals surface area contributed by atoms with Crippen LogP contribution < -0.4 is 0 Å². The second-order valence-electron chi connectivity index (χ2n) is 5.81. The van der Waals surface area contributed by atoms with Gasteiger partial charge < -0.3 is 18.9 Å². The van der Waals surface area contributed by atoms with Crippen LogP contribution in [0.15, 0.2) is 24.8 Å². The fourth-order valence-electron chi connectivity index (χ4n) is 2.42. The molecule has 1 fully saturated rings. The van der Waals surface area contributed by atoms with Crippen LogP contribution in [0.25, 0.3) is 0 Å². The zero-order valence-electron chi connectivity index (χ0n) is 15.3. The van der Waals surface area contributed by atoms with Crippen molar-refractivity contribution in [3.8, 4) is 0 Å². The molecule has 1 rings (SSSR count). The van der Waals surface area contributed by atoms with Gasteiger partial charge >= 0.3 is 20.8 Å². The van der Waals surface area contributed by atoms with Gasteiger partial charge in [-0.2, -0.15) is 16.8 Å². The molecule has 0 unspecified atom stereocenters. The molecule has 12 nitrogen and oxygen atoms in total. The average Bonchev–Trinajstić information content (AvgIpc) is 2.53. The maximum atomic E-state index is 11.3. The summed E-state index contributed by atoms with van der Waals surface area (Å²) in [5.41, 5.74) is 0.665. The van der Waals surface area contributed by atoms with Gasteiger partial charge in [0.2, 0.25) is 0 Å². The number of hydrogen-bond donors (Lipinski definition) is 2. The Hall–Kier alpha value is -0.940. The lowest BCUT2D eigenvalue weighted by molar-refractivity contribution is -0.292. The Morgan fingerprint density at radius 3 is 2.14 bits per heavy atom. The van der Waals surface area contributed by atoms with Crippen molar-refractivity contribution in [2.45, 2.75) is 37.6 Å². The molecule has 1 aliphatic rings. The molecule has 0 aromatic heterocycles. The van der Waals surface area contributed by atoms with Crippen LogP contribution in [0.1, 0.15) is 6.92 Å². The van der Waals surface area contributed by atoms with Crippen LogP contribution in [0.5, 0.6) is 0 Å². The highest BCUT2D eigenvalue weighted by atomic mass is 32.3. The number of rotatable bonds is 12. The van der Waals surface area contributed by atoms with Gasteiger partial charge in [0, 0.05) is 7.11 Å². The Kier molecular flexibility index (Phi) is 9.61. The van der Waals surface area contributed by atoms with Crippen LogP contribution in [0.3, 0.4) is 0 Å².